The van der Waals surface area contributed by atoms with Crippen LogP contribution in [0.1, 0.15) is 59.7 Å². The van der Waals surface area contributed by atoms with Crippen LogP contribution < -0.4 is 10.7 Å². The van der Waals surface area contributed by atoms with Gasteiger partial charge in [-0.3, -0.25) is 9.59 Å². The molecule has 3 N–H and O–H groups in total. The predicted octanol–water partition coefficient (Wildman–Crippen LogP) is 7.56. The minimum absolute atomic E-state index is 0.0433. The van der Waals surface area contributed by atoms with Crippen LogP contribution in [0.3, 0.4) is 0 Å². The molecule has 240 valence electrons. The molecular weight excluding hydrogens is 610 g/mol. The van der Waals surface area contributed by atoms with Gasteiger partial charge in [0.05, 0.1) is 30.4 Å². The van der Waals surface area contributed by atoms with Gasteiger partial charge in [0.2, 0.25) is 0 Å². The molecular formula is C36H36ClNO8. The number of halogens is 1. The lowest BCUT2D eigenvalue weighted by molar-refractivity contribution is 0.0468. The number of phenols is 1. The van der Waals surface area contributed by atoms with Crippen molar-refractivity contribution in [1.29, 1.82) is 0 Å². The summed E-state index contributed by atoms with van der Waals surface area (Å²) in [7, 11) is 0. The molecule has 46 heavy (non-hydrogen) atoms. The van der Waals surface area contributed by atoms with Gasteiger partial charge in [-0.25, -0.2) is 4.79 Å². The number of ether oxygens (including phenoxy) is 2. The molecule has 0 aliphatic heterocycles. The van der Waals surface area contributed by atoms with Crippen LogP contribution in [0, 0.1) is 0 Å². The van der Waals surface area contributed by atoms with Crippen LogP contribution in [-0.4, -0.2) is 55.1 Å². The number of carbonyl (C=O) groups excluding carboxylic acids is 1. The Labute approximate surface area is 270 Å². The maximum atomic E-state index is 13.2. The predicted molar refractivity (Wildman–Crippen MR) is 179 cm³/mol. The molecule has 1 heterocycles. The lowest BCUT2D eigenvalue weighted by Crippen LogP contribution is -2.27. The molecule has 5 aromatic rings. The van der Waals surface area contributed by atoms with Gasteiger partial charge in [-0.15, -0.1) is 0 Å². The molecule has 5 rings (SSSR count). The van der Waals surface area contributed by atoms with Crippen molar-refractivity contribution >= 4 is 56.2 Å². The van der Waals surface area contributed by atoms with Crippen LogP contribution in [0.5, 0.6) is 5.75 Å². The largest absolute Gasteiger partial charge is 0.506 e. The first kappa shape index (κ1) is 32.9. The van der Waals surface area contributed by atoms with E-state index in [4.69, 9.17) is 25.5 Å². The van der Waals surface area contributed by atoms with E-state index in [1.807, 2.05) is 0 Å². The molecule has 10 heteroatoms. The number of amides is 1. The lowest BCUT2D eigenvalue weighted by atomic mass is 9.91. The van der Waals surface area contributed by atoms with E-state index in [1.165, 1.54) is 68.1 Å². The van der Waals surface area contributed by atoms with E-state index in [0.717, 1.165) is 6.42 Å². The van der Waals surface area contributed by atoms with Crippen molar-refractivity contribution in [3.05, 3.63) is 87.0 Å². The number of carboxylic acid groups (broad SMARTS) is 1. The van der Waals surface area contributed by atoms with E-state index in [-0.39, 0.29) is 45.0 Å². The number of fused-ring (bicyclic) bond motifs is 4. The molecule has 9 nitrogen and oxygen atoms in total. The van der Waals surface area contributed by atoms with Gasteiger partial charge in [-0.1, -0.05) is 50.3 Å². The van der Waals surface area contributed by atoms with Crippen LogP contribution in [0.2, 0.25) is 5.02 Å². The number of benzene rings is 4. The summed E-state index contributed by atoms with van der Waals surface area (Å²) >= 11 is 6.31. The maximum absolute atomic E-state index is 13.2. The smallest absolute Gasteiger partial charge is 0.336 e. The fourth-order valence-electron chi connectivity index (χ4n) is 5.50. The van der Waals surface area contributed by atoms with E-state index < -0.39 is 11.9 Å². The van der Waals surface area contributed by atoms with Crippen LogP contribution in [0.25, 0.3) is 43.8 Å². The third-order valence-corrected chi connectivity index (χ3v) is 8.12. The van der Waals surface area contributed by atoms with Gasteiger partial charge in [0.25, 0.3) is 5.91 Å². The summed E-state index contributed by atoms with van der Waals surface area (Å²) in [5, 5.41) is 25.7. The normalized spacial score (nSPS) is 11.4. The minimum atomic E-state index is -1.19. The molecule has 0 fully saturated rings. The second-order valence-electron chi connectivity index (χ2n) is 11.1. The number of hydrogen-bond acceptors (Lipinski definition) is 7. The standard InChI is InChI=1S/C36H36ClNO8/c1-2-3-4-5-6-14-44-16-17-45-15-13-38-35(41)23-8-10-26(36(42)43)28(19-23)33-27-11-7-22-18-24(39)9-12-25(22)34(27)46-32-21-31(40)30(37)20-29(32)33/h7-12,18-21,40H,2-6,13-17H2,1H3,(H,38,41)(H,42,43). The molecule has 0 spiro atoms. The summed E-state index contributed by atoms with van der Waals surface area (Å²) in [5.41, 5.74) is 1.37. The maximum Gasteiger partial charge on any atom is 0.336 e. The number of unbranched alkanes of at least 4 members (excludes halogenated alkanes) is 4. The molecule has 0 atom stereocenters. The molecule has 0 saturated carbocycles. The van der Waals surface area contributed by atoms with Crippen molar-refractivity contribution < 1.29 is 33.7 Å². The van der Waals surface area contributed by atoms with Crippen molar-refractivity contribution in [1.82, 2.24) is 5.32 Å². The Morgan fingerprint density at radius 1 is 0.848 bits per heavy atom. The molecule has 4 aromatic carbocycles. The molecule has 0 aliphatic rings. The summed E-state index contributed by atoms with van der Waals surface area (Å²) in [6, 6.07) is 15.3. The summed E-state index contributed by atoms with van der Waals surface area (Å²) in [6.07, 6.45) is 5.89. The van der Waals surface area contributed by atoms with E-state index in [1.54, 1.807) is 18.2 Å². The zero-order valence-corrected chi connectivity index (χ0v) is 26.3. The van der Waals surface area contributed by atoms with Gasteiger partial charge in [0.1, 0.15) is 16.9 Å². The minimum Gasteiger partial charge on any atom is -0.506 e. The summed E-state index contributed by atoms with van der Waals surface area (Å²) in [6.45, 7) is 4.35. The first-order valence-corrected chi connectivity index (χ1v) is 15.8. The number of rotatable bonds is 15. The Morgan fingerprint density at radius 2 is 1.61 bits per heavy atom. The molecule has 1 aromatic heterocycles. The Hall–Kier alpha value is -4.44. The van der Waals surface area contributed by atoms with Gasteiger partial charge in [-0.05, 0) is 65.9 Å². The summed E-state index contributed by atoms with van der Waals surface area (Å²) in [4.78, 5) is 37.7. The molecule has 0 radical (unpaired) electrons. The summed E-state index contributed by atoms with van der Waals surface area (Å²) in [5.74, 6) is -1.81. The van der Waals surface area contributed by atoms with Gasteiger partial charge in [0.15, 0.2) is 5.43 Å². The van der Waals surface area contributed by atoms with Crippen LogP contribution in [0.4, 0.5) is 0 Å². The molecule has 1 amide bonds. The number of aromatic carboxylic acids is 1. The average Bonchev–Trinajstić information content (AvgIpc) is 3.04. The zero-order valence-electron chi connectivity index (χ0n) is 25.6. The quantitative estimate of drug-likeness (QED) is 0.0603. The van der Waals surface area contributed by atoms with Crippen molar-refractivity contribution in [2.75, 3.05) is 33.0 Å². The van der Waals surface area contributed by atoms with Gasteiger partial charge in [-0.2, -0.15) is 0 Å². The van der Waals surface area contributed by atoms with Gasteiger partial charge >= 0.3 is 5.97 Å². The highest BCUT2D eigenvalue weighted by Crippen LogP contribution is 2.43. The SMILES string of the molecule is CCCCCCCOCCOCCNC(=O)c1ccc(C(=O)O)c(-c2c3cc(Cl)c(O)cc3oc3c2ccc2cc(=O)ccc23)c1. The fourth-order valence-corrected chi connectivity index (χ4v) is 5.66. The number of carboxylic acids is 1. The first-order chi connectivity index (χ1) is 22.3. The van der Waals surface area contributed by atoms with Crippen molar-refractivity contribution in [3.63, 3.8) is 0 Å². The van der Waals surface area contributed by atoms with Crippen LogP contribution >= 0.6 is 11.6 Å². The highest BCUT2D eigenvalue weighted by molar-refractivity contribution is 6.33. The second-order valence-corrected chi connectivity index (χ2v) is 11.5. The molecule has 0 unspecified atom stereocenters. The molecule has 0 saturated heterocycles. The number of phenolic OH excluding ortho intramolecular Hbond substituents is 1. The average molecular weight is 646 g/mol. The van der Waals surface area contributed by atoms with Crippen molar-refractivity contribution in [3.8, 4) is 16.9 Å². The zero-order chi connectivity index (χ0) is 32.6. The van der Waals surface area contributed by atoms with Crippen LogP contribution in [0.15, 0.2) is 69.9 Å². The number of hydrogen-bond donors (Lipinski definition) is 3. The van der Waals surface area contributed by atoms with E-state index in [2.05, 4.69) is 12.2 Å². The Morgan fingerprint density at radius 3 is 2.39 bits per heavy atom. The van der Waals surface area contributed by atoms with Crippen molar-refractivity contribution in [2.24, 2.45) is 0 Å². The topological polar surface area (TPSA) is 135 Å². The van der Waals surface area contributed by atoms with Gasteiger partial charge < -0.3 is 29.4 Å². The number of nitrogens with one attached hydrogen (secondary N) is 1. The van der Waals surface area contributed by atoms with E-state index in [9.17, 15) is 24.6 Å². The monoisotopic (exact) mass is 645 g/mol. The highest BCUT2D eigenvalue weighted by atomic mass is 35.5. The second kappa shape index (κ2) is 15.2. The Kier molecular flexibility index (Phi) is 10.9. The molecule has 0 bridgehead atoms. The molecule has 0 aliphatic carbocycles. The van der Waals surface area contributed by atoms with E-state index in [0.29, 0.717) is 59.1 Å². The third kappa shape index (κ3) is 7.50. The highest BCUT2D eigenvalue weighted by Gasteiger charge is 2.22. The van der Waals surface area contributed by atoms with Crippen LogP contribution in [-0.2, 0) is 9.47 Å². The van der Waals surface area contributed by atoms with Crippen molar-refractivity contribution in [2.45, 2.75) is 39.0 Å². The Bertz CT molecular complexity index is 1950. The summed E-state index contributed by atoms with van der Waals surface area (Å²) < 4.78 is 17.4. The number of aromatic hydroxyl groups is 1. The lowest BCUT2D eigenvalue weighted by Gasteiger charge is -2.16. The van der Waals surface area contributed by atoms with Gasteiger partial charge in [0, 0.05) is 46.5 Å². The Balaban J connectivity index is 1.40. The van der Waals surface area contributed by atoms with E-state index >= 15 is 0 Å². The third-order valence-electron chi connectivity index (χ3n) is 7.82. The number of carbonyl (C=O) groups is 2. The fraction of sp³-hybridized carbons (Fsp3) is 0.306. The first-order valence-electron chi connectivity index (χ1n) is 15.4.